The van der Waals surface area contributed by atoms with Crippen molar-refractivity contribution in [3.8, 4) is 5.75 Å². The normalized spacial score (nSPS) is 11.6. The maximum atomic E-state index is 13.0. The Morgan fingerprint density at radius 1 is 1.00 bits per heavy atom. The second kappa shape index (κ2) is 9.67. The van der Waals surface area contributed by atoms with Crippen LogP contribution in [0.5, 0.6) is 5.75 Å². The number of anilines is 1. The van der Waals surface area contributed by atoms with Crippen molar-refractivity contribution in [3.05, 3.63) is 95.8 Å². The molecule has 0 aliphatic rings. The quantitative estimate of drug-likeness (QED) is 0.613. The molecule has 2 N–H and O–H groups in total. The van der Waals surface area contributed by atoms with Crippen LogP contribution < -0.4 is 15.4 Å². The summed E-state index contributed by atoms with van der Waals surface area (Å²) >= 11 is 0. The molecule has 3 rings (SSSR count). The Hall–Kier alpha value is -3.18. The van der Waals surface area contributed by atoms with Gasteiger partial charge in [0.1, 0.15) is 17.6 Å². The van der Waals surface area contributed by atoms with Gasteiger partial charge in [0.15, 0.2) is 0 Å². The molecule has 0 spiro atoms. The highest BCUT2D eigenvalue weighted by Gasteiger charge is 2.20. The summed E-state index contributed by atoms with van der Waals surface area (Å²) in [6, 6.07) is 22.7. The van der Waals surface area contributed by atoms with E-state index in [1.807, 2.05) is 48.5 Å². The van der Waals surface area contributed by atoms with Crippen molar-refractivity contribution < 1.29 is 13.9 Å². The van der Waals surface area contributed by atoms with Gasteiger partial charge < -0.3 is 15.4 Å². The van der Waals surface area contributed by atoms with Crippen molar-refractivity contribution in [2.45, 2.75) is 12.5 Å². The zero-order valence-electron chi connectivity index (χ0n) is 15.7. The highest BCUT2D eigenvalue weighted by Crippen LogP contribution is 2.20. The average molecular weight is 378 g/mol. The van der Waals surface area contributed by atoms with Crippen molar-refractivity contribution in [2.75, 3.05) is 19.0 Å². The number of hydrogen-bond donors (Lipinski definition) is 2. The number of benzene rings is 3. The van der Waals surface area contributed by atoms with Gasteiger partial charge in [-0.25, -0.2) is 4.39 Å². The summed E-state index contributed by atoms with van der Waals surface area (Å²) in [5.74, 6) is 0.272. The third-order valence-corrected chi connectivity index (χ3v) is 4.41. The van der Waals surface area contributed by atoms with Crippen LogP contribution in [0, 0.1) is 5.82 Å². The molecule has 0 aromatic heterocycles. The monoisotopic (exact) mass is 378 g/mol. The maximum absolute atomic E-state index is 13.0. The van der Waals surface area contributed by atoms with Gasteiger partial charge in [0.05, 0.1) is 7.11 Å². The number of carbonyl (C=O) groups excluding carboxylic acids is 1. The number of halogens is 1. The van der Waals surface area contributed by atoms with E-state index in [-0.39, 0.29) is 11.7 Å². The molecule has 3 aromatic carbocycles. The standard InChI is InChI=1S/C23H23FN2O2/c1-28-21-9-5-8-20(16-21)26-23(27)22(18-6-3-2-4-7-18)25-15-14-17-10-12-19(24)13-11-17/h2-13,16,22,25H,14-15H2,1H3,(H,26,27)/t22-/m0/s1. The number of carbonyl (C=O) groups is 1. The van der Waals surface area contributed by atoms with Gasteiger partial charge in [-0.15, -0.1) is 0 Å². The molecule has 1 amide bonds. The number of rotatable bonds is 8. The van der Waals surface area contributed by atoms with E-state index in [1.165, 1.54) is 12.1 Å². The van der Waals surface area contributed by atoms with Crippen LogP contribution in [0.25, 0.3) is 0 Å². The van der Waals surface area contributed by atoms with Crippen molar-refractivity contribution >= 4 is 11.6 Å². The maximum Gasteiger partial charge on any atom is 0.246 e. The molecule has 3 aromatic rings. The second-order valence-electron chi connectivity index (χ2n) is 6.40. The van der Waals surface area contributed by atoms with Crippen molar-refractivity contribution in [3.63, 3.8) is 0 Å². The zero-order valence-corrected chi connectivity index (χ0v) is 15.7. The van der Waals surface area contributed by atoms with Gasteiger partial charge in [0.2, 0.25) is 5.91 Å². The summed E-state index contributed by atoms with van der Waals surface area (Å²) in [5, 5.41) is 6.25. The van der Waals surface area contributed by atoms with Crippen LogP contribution in [0.1, 0.15) is 17.2 Å². The summed E-state index contributed by atoms with van der Waals surface area (Å²) in [6.07, 6.45) is 0.691. The lowest BCUT2D eigenvalue weighted by Crippen LogP contribution is -2.34. The summed E-state index contributed by atoms with van der Waals surface area (Å²) in [7, 11) is 1.59. The fraction of sp³-hybridized carbons (Fsp3) is 0.174. The minimum Gasteiger partial charge on any atom is -0.497 e. The van der Waals surface area contributed by atoms with E-state index in [0.29, 0.717) is 24.4 Å². The van der Waals surface area contributed by atoms with Gasteiger partial charge in [0, 0.05) is 18.3 Å². The highest BCUT2D eigenvalue weighted by molar-refractivity contribution is 5.95. The Labute approximate surface area is 164 Å². The molecule has 0 aliphatic heterocycles. The molecule has 0 heterocycles. The highest BCUT2D eigenvalue weighted by atomic mass is 19.1. The van der Waals surface area contributed by atoms with E-state index < -0.39 is 6.04 Å². The molecular formula is C23H23FN2O2. The Morgan fingerprint density at radius 3 is 2.46 bits per heavy atom. The number of methoxy groups -OCH3 is 1. The molecule has 0 fully saturated rings. The van der Waals surface area contributed by atoms with Gasteiger partial charge in [-0.2, -0.15) is 0 Å². The lowest BCUT2D eigenvalue weighted by atomic mass is 10.1. The third-order valence-electron chi connectivity index (χ3n) is 4.41. The lowest BCUT2D eigenvalue weighted by Gasteiger charge is -2.19. The number of ether oxygens (including phenoxy) is 1. The van der Waals surface area contributed by atoms with E-state index in [0.717, 1.165) is 11.1 Å². The van der Waals surface area contributed by atoms with Crippen molar-refractivity contribution in [1.82, 2.24) is 5.32 Å². The molecule has 0 radical (unpaired) electrons. The van der Waals surface area contributed by atoms with Crippen LogP contribution in [0.15, 0.2) is 78.9 Å². The molecule has 1 atom stereocenters. The fourth-order valence-corrected chi connectivity index (χ4v) is 2.93. The minimum absolute atomic E-state index is 0.154. The van der Waals surface area contributed by atoms with Gasteiger partial charge in [-0.3, -0.25) is 4.79 Å². The van der Waals surface area contributed by atoms with Crippen LogP contribution in [-0.4, -0.2) is 19.6 Å². The Morgan fingerprint density at radius 2 is 1.75 bits per heavy atom. The summed E-state index contributed by atoms with van der Waals surface area (Å²) in [6.45, 7) is 0.580. The van der Waals surface area contributed by atoms with Crippen molar-refractivity contribution in [1.29, 1.82) is 0 Å². The Kier molecular flexibility index (Phi) is 6.76. The Bertz CT molecular complexity index is 898. The molecule has 5 heteroatoms. The molecule has 0 bridgehead atoms. The van der Waals surface area contributed by atoms with E-state index in [2.05, 4.69) is 10.6 Å². The molecule has 28 heavy (non-hydrogen) atoms. The number of hydrogen-bond acceptors (Lipinski definition) is 3. The van der Waals surface area contributed by atoms with E-state index >= 15 is 0 Å². The van der Waals surface area contributed by atoms with Gasteiger partial charge in [-0.1, -0.05) is 48.5 Å². The summed E-state index contributed by atoms with van der Waals surface area (Å²) in [4.78, 5) is 12.9. The van der Waals surface area contributed by atoms with Crippen LogP contribution in [0.2, 0.25) is 0 Å². The molecular weight excluding hydrogens is 355 g/mol. The Balaban J connectivity index is 1.69. The predicted octanol–water partition coefficient (Wildman–Crippen LogP) is 4.35. The second-order valence-corrected chi connectivity index (χ2v) is 6.40. The van der Waals surface area contributed by atoms with Gasteiger partial charge in [0.25, 0.3) is 0 Å². The van der Waals surface area contributed by atoms with E-state index in [4.69, 9.17) is 4.74 Å². The van der Waals surface area contributed by atoms with Gasteiger partial charge in [-0.05, 0) is 41.8 Å². The van der Waals surface area contributed by atoms with E-state index in [1.54, 1.807) is 25.3 Å². The molecule has 4 nitrogen and oxygen atoms in total. The largest absolute Gasteiger partial charge is 0.497 e. The minimum atomic E-state index is -0.507. The average Bonchev–Trinajstić information content (AvgIpc) is 2.73. The SMILES string of the molecule is COc1cccc(NC(=O)[C@@H](NCCc2ccc(F)cc2)c2ccccc2)c1. The van der Waals surface area contributed by atoms with Crippen LogP contribution in [-0.2, 0) is 11.2 Å². The molecule has 144 valence electrons. The number of amides is 1. The summed E-state index contributed by atoms with van der Waals surface area (Å²) < 4.78 is 18.3. The first-order valence-electron chi connectivity index (χ1n) is 9.13. The predicted molar refractivity (Wildman–Crippen MR) is 109 cm³/mol. The smallest absolute Gasteiger partial charge is 0.246 e. The zero-order chi connectivity index (χ0) is 19.8. The molecule has 0 saturated heterocycles. The number of nitrogens with one attached hydrogen (secondary N) is 2. The first kappa shape index (κ1) is 19.6. The van der Waals surface area contributed by atoms with Crippen molar-refractivity contribution in [2.24, 2.45) is 0 Å². The fourth-order valence-electron chi connectivity index (χ4n) is 2.93. The molecule has 0 saturated carbocycles. The molecule has 0 unspecified atom stereocenters. The van der Waals surface area contributed by atoms with Crippen LogP contribution in [0.3, 0.4) is 0 Å². The first-order chi connectivity index (χ1) is 13.7. The van der Waals surface area contributed by atoms with E-state index in [9.17, 15) is 9.18 Å². The lowest BCUT2D eigenvalue weighted by molar-refractivity contribution is -0.118. The summed E-state index contributed by atoms with van der Waals surface area (Å²) in [5.41, 5.74) is 2.56. The first-order valence-corrected chi connectivity index (χ1v) is 9.13. The topological polar surface area (TPSA) is 50.4 Å². The molecule has 0 aliphatic carbocycles. The van der Waals surface area contributed by atoms with Crippen LogP contribution in [0.4, 0.5) is 10.1 Å². The van der Waals surface area contributed by atoms with Crippen LogP contribution >= 0.6 is 0 Å². The van der Waals surface area contributed by atoms with Gasteiger partial charge >= 0.3 is 0 Å². The third kappa shape index (κ3) is 5.41.